The first-order valence-electron chi connectivity index (χ1n) is 4.47. The van der Waals surface area contributed by atoms with Crippen molar-refractivity contribution in [3.63, 3.8) is 0 Å². The van der Waals surface area contributed by atoms with Crippen molar-refractivity contribution in [1.82, 2.24) is 4.98 Å². The Morgan fingerprint density at radius 3 is 2.86 bits per heavy atom. The Morgan fingerprint density at radius 1 is 1.36 bits per heavy atom. The van der Waals surface area contributed by atoms with Crippen molar-refractivity contribution >= 4 is 22.4 Å². The molecular weight excluding hydrogens is 196 g/mol. The number of hydrogen-bond acceptors (Lipinski definition) is 2. The van der Waals surface area contributed by atoms with Crippen molar-refractivity contribution in [3.8, 4) is 0 Å². The average molecular weight is 207 g/mol. The molecule has 1 aromatic heterocycles. The van der Waals surface area contributed by atoms with Gasteiger partial charge in [-0.1, -0.05) is 17.7 Å². The number of nitrogens with two attached hydrogens (primary N) is 1. The van der Waals surface area contributed by atoms with Crippen molar-refractivity contribution < 1.29 is 0 Å². The quantitative estimate of drug-likeness (QED) is 0.779. The van der Waals surface area contributed by atoms with Crippen LogP contribution in [0.1, 0.15) is 11.3 Å². The molecule has 2 aromatic rings. The second-order valence-electron chi connectivity index (χ2n) is 3.23. The highest BCUT2D eigenvalue weighted by Crippen LogP contribution is 2.27. The second kappa shape index (κ2) is 3.56. The topological polar surface area (TPSA) is 38.9 Å². The van der Waals surface area contributed by atoms with Gasteiger partial charge in [0.05, 0.1) is 5.02 Å². The van der Waals surface area contributed by atoms with Crippen LogP contribution < -0.4 is 5.73 Å². The molecule has 0 aliphatic rings. The minimum absolute atomic E-state index is 0.525. The van der Waals surface area contributed by atoms with Crippen LogP contribution in [0.5, 0.6) is 0 Å². The van der Waals surface area contributed by atoms with E-state index in [1.165, 1.54) is 0 Å². The van der Waals surface area contributed by atoms with Gasteiger partial charge in [0.1, 0.15) is 0 Å². The second-order valence-corrected chi connectivity index (χ2v) is 3.64. The number of rotatable bonds is 1. The Hall–Kier alpha value is -1.12. The van der Waals surface area contributed by atoms with Crippen molar-refractivity contribution in [3.05, 3.63) is 40.7 Å². The minimum Gasteiger partial charge on any atom is -0.326 e. The van der Waals surface area contributed by atoms with E-state index in [0.717, 1.165) is 27.1 Å². The Balaban J connectivity index is 2.91. The Labute approximate surface area is 87.7 Å². The van der Waals surface area contributed by atoms with Gasteiger partial charge in [-0.05, 0) is 30.0 Å². The molecule has 0 saturated heterocycles. The fourth-order valence-corrected chi connectivity index (χ4v) is 1.96. The molecular formula is C11H11ClN2. The molecule has 1 aromatic carbocycles. The third-order valence-electron chi connectivity index (χ3n) is 2.38. The van der Waals surface area contributed by atoms with E-state index >= 15 is 0 Å². The van der Waals surface area contributed by atoms with Gasteiger partial charge in [0.25, 0.3) is 0 Å². The molecule has 2 N–H and O–H groups in total. The predicted octanol–water partition coefficient (Wildman–Crippen LogP) is 2.66. The van der Waals surface area contributed by atoms with Crippen LogP contribution in [-0.2, 0) is 6.54 Å². The summed E-state index contributed by atoms with van der Waals surface area (Å²) < 4.78 is 0. The first-order chi connectivity index (χ1) is 6.74. The van der Waals surface area contributed by atoms with Crippen LogP contribution in [0, 0.1) is 6.92 Å². The number of pyridine rings is 1. The number of aryl methyl sites for hydroxylation is 1. The van der Waals surface area contributed by atoms with E-state index in [1.54, 1.807) is 6.20 Å². The minimum atomic E-state index is 0.525. The maximum Gasteiger partial charge on any atom is 0.0502 e. The van der Waals surface area contributed by atoms with Crippen molar-refractivity contribution in [2.24, 2.45) is 5.73 Å². The van der Waals surface area contributed by atoms with Crippen LogP contribution >= 0.6 is 11.6 Å². The van der Waals surface area contributed by atoms with Gasteiger partial charge in [-0.25, -0.2) is 0 Å². The molecule has 0 radical (unpaired) electrons. The lowest BCUT2D eigenvalue weighted by Crippen LogP contribution is -1.98. The summed E-state index contributed by atoms with van der Waals surface area (Å²) in [5.74, 6) is 0. The van der Waals surface area contributed by atoms with Gasteiger partial charge < -0.3 is 5.73 Å². The number of hydrogen-bond donors (Lipinski definition) is 1. The van der Waals surface area contributed by atoms with Crippen LogP contribution in [0.3, 0.4) is 0 Å². The molecule has 1 heterocycles. The third-order valence-corrected chi connectivity index (χ3v) is 2.69. The number of fused-ring (bicyclic) bond motifs is 1. The summed E-state index contributed by atoms with van der Waals surface area (Å²) in [6.45, 7) is 2.48. The molecule has 0 aliphatic carbocycles. The molecule has 0 bridgehead atoms. The lowest BCUT2D eigenvalue weighted by molar-refractivity contribution is 1.08. The molecule has 72 valence electrons. The van der Waals surface area contributed by atoms with E-state index in [1.807, 2.05) is 25.1 Å². The van der Waals surface area contributed by atoms with E-state index in [9.17, 15) is 0 Å². The van der Waals surface area contributed by atoms with Crippen LogP contribution in [0.15, 0.2) is 24.4 Å². The molecule has 0 atom stereocenters. The summed E-state index contributed by atoms with van der Waals surface area (Å²) in [6.07, 6.45) is 1.78. The first kappa shape index (κ1) is 9.44. The Bertz CT molecular complexity index is 472. The summed E-state index contributed by atoms with van der Waals surface area (Å²) >= 11 is 6.11. The Morgan fingerprint density at radius 2 is 2.14 bits per heavy atom. The highest BCUT2D eigenvalue weighted by Gasteiger charge is 2.05. The standard InChI is InChI=1S/C11H11ClN2/c1-7-11-9(4-5-14-7)8(6-13)2-3-10(11)12/h2-5H,6,13H2,1H3. The van der Waals surface area contributed by atoms with Crippen LogP contribution in [0.25, 0.3) is 10.8 Å². The van der Waals surface area contributed by atoms with Crippen LogP contribution in [0.2, 0.25) is 5.02 Å². The molecule has 0 amide bonds. The first-order valence-corrected chi connectivity index (χ1v) is 4.84. The zero-order valence-electron chi connectivity index (χ0n) is 7.92. The Kier molecular flexibility index (Phi) is 2.40. The van der Waals surface area contributed by atoms with Crippen molar-refractivity contribution in [2.45, 2.75) is 13.5 Å². The zero-order valence-corrected chi connectivity index (χ0v) is 8.67. The number of halogens is 1. The van der Waals surface area contributed by atoms with Crippen molar-refractivity contribution in [1.29, 1.82) is 0 Å². The van der Waals surface area contributed by atoms with E-state index in [4.69, 9.17) is 17.3 Å². The smallest absolute Gasteiger partial charge is 0.0502 e. The summed E-state index contributed by atoms with van der Waals surface area (Å²) in [4.78, 5) is 4.22. The lowest BCUT2D eigenvalue weighted by atomic mass is 10.0. The van der Waals surface area contributed by atoms with Gasteiger partial charge in [0.2, 0.25) is 0 Å². The molecule has 2 nitrogen and oxygen atoms in total. The summed E-state index contributed by atoms with van der Waals surface area (Å²) in [5.41, 5.74) is 7.71. The van der Waals surface area contributed by atoms with Gasteiger partial charge in [0, 0.05) is 23.8 Å². The van der Waals surface area contributed by atoms with Gasteiger partial charge in [-0.2, -0.15) is 0 Å². The zero-order chi connectivity index (χ0) is 10.1. The van der Waals surface area contributed by atoms with Gasteiger partial charge in [-0.3, -0.25) is 4.98 Å². The average Bonchev–Trinajstić information content (AvgIpc) is 2.18. The van der Waals surface area contributed by atoms with Crippen molar-refractivity contribution in [2.75, 3.05) is 0 Å². The fourth-order valence-electron chi connectivity index (χ4n) is 1.66. The molecule has 2 rings (SSSR count). The molecule has 0 spiro atoms. The molecule has 0 fully saturated rings. The predicted molar refractivity (Wildman–Crippen MR) is 59.4 cm³/mol. The summed E-state index contributed by atoms with van der Waals surface area (Å²) in [6, 6.07) is 5.79. The highest BCUT2D eigenvalue weighted by atomic mass is 35.5. The van der Waals surface area contributed by atoms with Crippen LogP contribution in [-0.4, -0.2) is 4.98 Å². The molecule has 0 aliphatic heterocycles. The van der Waals surface area contributed by atoms with Gasteiger partial charge >= 0.3 is 0 Å². The summed E-state index contributed by atoms with van der Waals surface area (Å²) in [5, 5.41) is 2.85. The molecule has 0 unspecified atom stereocenters. The third kappa shape index (κ3) is 1.37. The molecule has 3 heteroatoms. The highest BCUT2D eigenvalue weighted by molar-refractivity contribution is 6.35. The fraction of sp³-hybridized carbons (Fsp3) is 0.182. The maximum absolute atomic E-state index is 6.11. The lowest BCUT2D eigenvalue weighted by Gasteiger charge is -2.07. The molecule has 0 saturated carbocycles. The van der Waals surface area contributed by atoms with E-state index in [2.05, 4.69) is 4.98 Å². The van der Waals surface area contributed by atoms with E-state index in [-0.39, 0.29) is 0 Å². The number of aromatic nitrogens is 1. The normalized spacial score (nSPS) is 10.8. The molecule has 14 heavy (non-hydrogen) atoms. The number of benzene rings is 1. The largest absolute Gasteiger partial charge is 0.326 e. The van der Waals surface area contributed by atoms with E-state index < -0.39 is 0 Å². The summed E-state index contributed by atoms with van der Waals surface area (Å²) in [7, 11) is 0. The monoisotopic (exact) mass is 206 g/mol. The van der Waals surface area contributed by atoms with Crippen LogP contribution in [0.4, 0.5) is 0 Å². The van der Waals surface area contributed by atoms with E-state index in [0.29, 0.717) is 6.54 Å². The number of nitrogens with zero attached hydrogens (tertiary/aromatic N) is 1. The van der Waals surface area contributed by atoms with Gasteiger partial charge in [-0.15, -0.1) is 0 Å². The van der Waals surface area contributed by atoms with Gasteiger partial charge in [0.15, 0.2) is 0 Å². The SMILES string of the molecule is Cc1nccc2c(CN)ccc(Cl)c12. The maximum atomic E-state index is 6.11.